The van der Waals surface area contributed by atoms with Crippen LogP contribution >= 0.6 is 0 Å². The van der Waals surface area contributed by atoms with Gasteiger partial charge in [-0.15, -0.1) is 0 Å². The molecule has 1 saturated carbocycles. The summed E-state index contributed by atoms with van der Waals surface area (Å²) in [7, 11) is 1.74. The number of hydrogen-bond acceptors (Lipinski definition) is 2. The second-order valence-electron chi connectivity index (χ2n) is 6.94. The molecule has 0 unspecified atom stereocenters. The van der Waals surface area contributed by atoms with Gasteiger partial charge in [0.05, 0.1) is 7.11 Å². The number of benzene rings is 1. The monoisotopic (exact) mass is 261 g/mol. The Morgan fingerprint density at radius 2 is 1.79 bits per heavy atom. The average molecular weight is 261 g/mol. The van der Waals surface area contributed by atoms with Gasteiger partial charge in [0.2, 0.25) is 0 Å². The Hall–Kier alpha value is -1.02. The van der Waals surface area contributed by atoms with Crippen LogP contribution in [0.2, 0.25) is 0 Å². The van der Waals surface area contributed by atoms with Crippen LogP contribution in [0.1, 0.15) is 38.8 Å². The van der Waals surface area contributed by atoms with Gasteiger partial charge in [-0.2, -0.15) is 0 Å². The van der Waals surface area contributed by atoms with E-state index in [2.05, 4.69) is 58.1 Å². The maximum Gasteiger partial charge on any atom is 0.123 e. The van der Waals surface area contributed by atoms with Crippen molar-refractivity contribution in [3.63, 3.8) is 0 Å². The normalized spacial score (nSPS) is 20.3. The highest BCUT2D eigenvalue weighted by atomic mass is 16.5. The number of rotatable bonds is 5. The van der Waals surface area contributed by atoms with Crippen molar-refractivity contribution < 1.29 is 4.74 Å². The fourth-order valence-corrected chi connectivity index (χ4v) is 3.24. The van der Waals surface area contributed by atoms with Crippen molar-refractivity contribution >= 4 is 0 Å². The standard InChI is InChI=1S/C17H27NO/c1-12-7-8-14(19-6)13(9-12)10-18-11-15-16(2,3)17(15,4)5/h7-9,15,18H,10-11H2,1-6H3. The van der Waals surface area contributed by atoms with Crippen molar-refractivity contribution in [1.29, 1.82) is 0 Å². The number of ether oxygens (including phenoxy) is 1. The first-order valence-corrected chi connectivity index (χ1v) is 7.15. The molecule has 1 aliphatic rings. The molecule has 1 N–H and O–H groups in total. The molecule has 106 valence electrons. The lowest BCUT2D eigenvalue weighted by Crippen LogP contribution is -2.19. The van der Waals surface area contributed by atoms with Crippen molar-refractivity contribution in [3.8, 4) is 5.75 Å². The van der Waals surface area contributed by atoms with Crippen LogP contribution in [0.15, 0.2) is 18.2 Å². The van der Waals surface area contributed by atoms with Gasteiger partial charge in [0.15, 0.2) is 0 Å². The fraction of sp³-hybridized carbons (Fsp3) is 0.647. The third-order valence-electron chi connectivity index (χ3n) is 5.42. The summed E-state index contributed by atoms with van der Waals surface area (Å²) >= 11 is 0. The van der Waals surface area contributed by atoms with E-state index in [1.165, 1.54) is 11.1 Å². The molecular formula is C17H27NO. The van der Waals surface area contributed by atoms with Crippen LogP contribution in [-0.4, -0.2) is 13.7 Å². The topological polar surface area (TPSA) is 21.3 Å². The molecule has 0 atom stereocenters. The summed E-state index contributed by atoms with van der Waals surface area (Å²) in [6.07, 6.45) is 0. The van der Waals surface area contributed by atoms with Crippen molar-refractivity contribution in [2.75, 3.05) is 13.7 Å². The Kier molecular flexibility index (Phi) is 3.65. The smallest absolute Gasteiger partial charge is 0.123 e. The predicted molar refractivity (Wildman–Crippen MR) is 80.5 cm³/mol. The first-order valence-electron chi connectivity index (χ1n) is 7.15. The summed E-state index contributed by atoms with van der Waals surface area (Å²) in [5.74, 6) is 1.74. The minimum absolute atomic E-state index is 0.455. The zero-order valence-electron chi connectivity index (χ0n) is 13.1. The fourth-order valence-electron chi connectivity index (χ4n) is 3.24. The van der Waals surface area contributed by atoms with Gasteiger partial charge in [-0.05, 0) is 36.3 Å². The van der Waals surface area contributed by atoms with E-state index < -0.39 is 0 Å². The average Bonchev–Trinajstić information content (AvgIpc) is 2.71. The van der Waals surface area contributed by atoms with E-state index in [9.17, 15) is 0 Å². The lowest BCUT2D eigenvalue weighted by atomic mass is 10.0. The molecular weight excluding hydrogens is 234 g/mol. The van der Waals surface area contributed by atoms with Gasteiger partial charge in [-0.25, -0.2) is 0 Å². The summed E-state index contributed by atoms with van der Waals surface area (Å²) in [5, 5.41) is 3.60. The summed E-state index contributed by atoms with van der Waals surface area (Å²) in [6.45, 7) is 13.6. The van der Waals surface area contributed by atoms with Gasteiger partial charge in [0.25, 0.3) is 0 Å². The lowest BCUT2D eigenvalue weighted by molar-refractivity contribution is 0.406. The first kappa shape index (κ1) is 14.4. The number of nitrogens with one attached hydrogen (secondary N) is 1. The highest BCUT2D eigenvalue weighted by Crippen LogP contribution is 2.67. The van der Waals surface area contributed by atoms with E-state index in [0.29, 0.717) is 10.8 Å². The van der Waals surface area contributed by atoms with E-state index in [0.717, 1.165) is 24.8 Å². The lowest BCUT2D eigenvalue weighted by Gasteiger charge is -2.11. The molecule has 1 fully saturated rings. The molecule has 0 bridgehead atoms. The molecule has 0 heterocycles. The van der Waals surface area contributed by atoms with E-state index in [4.69, 9.17) is 4.74 Å². The van der Waals surface area contributed by atoms with Crippen LogP contribution in [0, 0.1) is 23.7 Å². The Labute approximate surface area is 117 Å². The first-order chi connectivity index (χ1) is 8.80. The molecule has 0 amide bonds. The summed E-state index contributed by atoms with van der Waals surface area (Å²) in [5.41, 5.74) is 3.44. The summed E-state index contributed by atoms with van der Waals surface area (Å²) in [4.78, 5) is 0. The zero-order chi connectivity index (χ0) is 14.3. The largest absolute Gasteiger partial charge is 0.496 e. The molecule has 0 aromatic heterocycles. The van der Waals surface area contributed by atoms with Crippen molar-refractivity contribution in [1.82, 2.24) is 5.32 Å². The van der Waals surface area contributed by atoms with Crippen LogP contribution in [0.5, 0.6) is 5.75 Å². The van der Waals surface area contributed by atoms with Gasteiger partial charge >= 0.3 is 0 Å². The van der Waals surface area contributed by atoms with E-state index in [1.54, 1.807) is 7.11 Å². The van der Waals surface area contributed by atoms with Gasteiger partial charge in [-0.3, -0.25) is 0 Å². The predicted octanol–water partition coefficient (Wildman–Crippen LogP) is 3.78. The minimum Gasteiger partial charge on any atom is -0.496 e. The number of methoxy groups -OCH3 is 1. The third-order valence-corrected chi connectivity index (χ3v) is 5.42. The number of hydrogen-bond donors (Lipinski definition) is 1. The minimum atomic E-state index is 0.455. The van der Waals surface area contributed by atoms with Gasteiger partial charge in [-0.1, -0.05) is 45.4 Å². The highest BCUT2D eigenvalue weighted by Gasteiger charge is 2.63. The molecule has 0 radical (unpaired) electrons. The second kappa shape index (κ2) is 4.82. The Balaban J connectivity index is 1.92. The van der Waals surface area contributed by atoms with Crippen LogP contribution in [-0.2, 0) is 6.54 Å². The molecule has 2 nitrogen and oxygen atoms in total. The van der Waals surface area contributed by atoms with Crippen molar-refractivity contribution in [3.05, 3.63) is 29.3 Å². The van der Waals surface area contributed by atoms with E-state index in [-0.39, 0.29) is 0 Å². The van der Waals surface area contributed by atoms with Crippen LogP contribution in [0.3, 0.4) is 0 Å². The Bertz CT molecular complexity index is 448. The molecule has 19 heavy (non-hydrogen) atoms. The Morgan fingerprint density at radius 1 is 1.16 bits per heavy atom. The molecule has 1 aromatic carbocycles. The van der Waals surface area contributed by atoms with Crippen molar-refractivity contribution in [2.24, 2.45) is 16.7 Å². The maximum atomic E-state index is 5.42. The van der Waals surface area contributed by atoms with Gasteiger partial charge in [0, 0.05) is 12.1 Å². The third kappa shape index (κ3) is 2.51. The van der Waals surface area contributed by atoms with Crippen LogP contribution in [0.4, 0.5) is 0 Å². The van der Waals surface area contributed by atoms with Crippen LogP contribution in [0.25, 0.3) is 0 Å². The zero-order valence-corrected chi connectivity index (χ0v) is 13.1. The van der Waals surface area contributed by atoms with Gasteiger partial charge in [0.1, 0.15) is 5.75 Å². The highest BCUT2D eigenvalue weighted by molar-refractivity contribution is 5.36. The van der Waals surface area contributed by atoms with Crippen molar-refractivity contribution in [2.45, 2.75) is 41.2 Å². The van der Waals surface area contributed by atoms with Crippen LogP contribution < -0.4 is 10.1 Å². The van der Waals surface area contributed by atoms with Gasteiger partial charge < -0.3 is 10.1 Å². The molecule has 0 spiro atoms. The summed E-state index contributed by atoms with van der Waals surface area (Å²) in [6, 6.07) is 6.35. The summed E-state index contributed by atoms with van der Waals surface area (Å²) < 4.78 is 5.42. The quantitative estimate of drug-likeness (QED) is 0.871. The maximum absolute atomic E-state index is 5.42. The molecule has 2 heteroatoms. The van der Waals surface area contributed by atoms with E-state index in [1.807, 2.05) is 0 Å². The second-order valence-corrected chi connectivity index (χ2v) is 6.94. The van der Waals surface area contributed by atoms with E-state index >= 15 is 0 Å². The molecule has 1 aromatic rings. The molecule has 0 aliphatic heterocycles. The molecule has 0 saturated heterocycles. The number of aryl methyl sites for hydroxylation is 1. The molecule has 2 rings (SSSR count). The Morgan fingerprint density at radius 3 is 2.32 bits per heavy atom. The SMILES string of the molecule is COc1ccc(C)cc1CNCC1C(C)(C)C1(C)C. The molecule has 1 aliphatic carbocycles.